The second kappa shape index (κ2) is 5.72. The third kappa shape index (κ3) is 4.12. The largest absolute Gasteiger partial charge is 0.488 e. The van der Waals surface area contributed by atoms with Crippen LogP contribution in [0.15, 0.2) is 24.4 Å². The van der Waals surface area contributed by atoms with Gasteiger partial charge in [-0.05, 0) is 45.9 Å². The maximum Gasteiger partial charge on any atom is 0.417 e. The zero-order valence-corrected chi connectivity index (χ0v) is 13.3. The van der Waals surface area contributed by atoms with Crippen LogP contribution >= 0.6 is 0 Å². The van der Waals surface area contributed by atoms with Crippen LogP contribution in [-0.2, 0) is 6.18 Å². The molecule has 2 N–H and O–H groups in total. The van der Waals surface area contributed by atoms with Crippen LogP contribution in [0.25, 0.3) is 11.3 Å². The van der Waals surface area contributed by atoms with Crippen molar-refractivity contribution in [3.05, 3.63) is 35.7 Å². The number of benzene rings is 1. The first-order chi connectivity index (χ1) is 10.5. The Morgan fingerprint density at radius 2 is 1.78 bits per heavy atom. The van der Waals surface area contributed by atoms with E-state index in [1.165, 1.54) is 18.3 Å². The number of aryl methyl sites for hydroxylation is 1. The van der Waals surface area contributed by atoms with Gasteiger partial charge in [0.05, 0.1) is 23.1 Å². The van der Waals surface area contributed by atoms with E-state index in [0.717, 1.165) is 6.07 Å². The highest BCUT2D eigenvalue weighted by atomic mass is 19.4. The molecule has 2 rings (SSSR count). The molecule has 7 heteroatoms. The second-order valence-corrected chi connectivity index (χ2v) is 6.15. The summed E-state index contributed by atoms with van der Waals surface area (Å²) in [5.74, 6) is 0.205. The maximum absolute atomic E-state index is 13.4. The Morgan fingerprint density at radius 1 is 1.13 bits per heavy atom. The van der Waals surface area contributed by atoms with Gasteiger partial charge in [-0.1, -0.05) is 0 Å². The normalized spacial score (nSPS) is 12.3. The van der Waals surface area contributed by atoms with Gasteiger partial charge in [-0.3, -0.25) is 4.98 Å². The minimum Gasteiger partial charge on any atom is -0.488 e. The molecule has 0 aliphatic rings. The van der Waals surface area contributed by atoms with Crippen molar-refractivity contribution in [3.8, 4) is 17.0 Å². The Hall–Kier alpha value is -2.31. The zero-order chi connectivity index (χ0) is 17.4. The van der Waals surface area contributed by atoms with Crippen molar-refractivity contribution in [2.24, 2.45) is 0 Å². The third-order valence-electron chi connectivity index (χ3n) is 2.95. The number of nitrogens with two attached hydrogens (primary N) is 1. The molecule has 124 valence electrons. The third-order valence-corrected chi connectivity index (χ3v) is 2.95. The quantitative estimate of drug-likeness (QED) is 0.897. The van der Waals surface area contributed by atoms with Gasteiger partial charge in [-0.2, -0.15) is 13.2 Å². The highest BCUT2D eigenvalue weighted by Gasteiger charge is 2.35. The lowest BCUT2D eigenvalue weighted by molar-refractivity contribution is -0.137. The first-order valence-electron chi connectivity index (χ1n) is 6.97. The van der Waals surface area contributed by atoms with Crippen molar-refractivity contribution in [1.29, 1.82) is 0 Å². The maximum atomic E-state index is 13.4. The monoisotopic (exact) mass is 325 g/mol. The molecule has 23 heavy (non-hydrogen) atoms. The summed E-state index contributed by atoms with van der Waals surface area (Å²) >= 11 is 0. The average molecular weight is 325 g/mol. The first-order valence-corrected chi connectivity index (χ1v) is 6.97. The van der Waals surface area contributed by atoms with Crippen LogP contribution in [0.4, 0.5) is 19.0 Å². The fraction of sp³-hybridized carbons (Fsp3) is 0.375. The summed E-state index contributed by atoms with van der Waals surface area (Å²) < 4.78 is 45.9. The molecule has 4 nitrogen and oxygen atoms in total. The van der Waals surface area contributed by atoms with Crippen LogP contribution in [0.5, 0.6) is 5.75 Å². The molecule has 0 bridgehead atoms. The van der Waals surface area contributed by atoms with E-state index in [4.69, 9.17) is 10.5 Å². The molecule has 0 atom stereocenters. The van der Waals surface area contributed by atoms with E-state index in [1.807, 2.05) is 0 Å². The van der Waals surface area contributed by atoms with Crippen LogP contribution in [-0.4, -0.2) is 15.6 Å². The van der Waals surface area contributed by atoms with Crippen molar-refractivity contribution in [1.82, 2.24) is 9.97 Å². The summed E-state index contributed by atoms with van der Waals surface area (Å²) in [6, 6.07) is 3.80. The Morgan fingerprint density at radius 3 is 2.35 bits per heavy atom. The molecule has 0 saturated carbocycles. The highest BCUT2D eigenvalue weighted by Crippen LogP contribution is 2.39. The van der Waals surface area contributed by atoms with Gasteiger partial charge in [0.2, 0.25) is 0 Å². The summed E-state index contributed by atoms with van der Waals surface area (Å²) in [7, 11) is 0. The topological polar surface area (TPSA) is 61.0 Å². The molecule has 1 heterocycles. The SMILES string of the molecule is Cc1ncc(N)nc1-c1ccc(OC(C)(C)C)cc1C(F)(F)F. The van der Waals surface area contributed by atoms with Gasteiger partial charge in [0.1, 0.15) is 17.2 Å². The van der Waals surface area contributed by atoms with E-state index in [2.05, 4.69) is 9.97 Å². The molecule has 0 aliphatic heterocycles. The lowest BCUT2D eigenvalue weighted by Crippen LogP contribution is -2.23. The number of halogens is 3. The lowest BCUT2D eigenvalue weighted by atomic mass is 10.0. The number of nitrogen functional groups attached to an aromatic ring is 1. The summed E-state index contributed by atoms with van der Waals surface area (Å²) in [5, 5.41) is 0. The molecule has 0 fully saturated rings. The van der Waals surface area contributed by atoms with Crippen molar-refractivity contribution in [2.45, 2.75) is 39.5 Å². The van der Waals surface area contributed by atoms with Crippen molar-refractivity contribution < 1.29 is 17.9 Å². The lowest BCUT2D eigenvalue weighted by Gasteiger charge is -2.23. The molecule has 1 aromatic carbocycles. The molecule has 0 saturated heterocycles. The smallest absolute Gasteiger partial charge is 0.417 e. The molecule has 2 aromatic rings. The van der Waals surface area contributed by atoms with E-state index in [1.54, 1.807) is 27.7 Å². The molecule has 0 amide bonds. The summed E-state index contributed by atoms with van der Waals surface area (Å²) in [6.45, 7) is 6.88. The van der Waals surface area contributed by atoms with E-state index < -0.39 is 17.3 Å². The molecule has 0 aliphatic carbocycles. The number of nitrogens with zero attached hydrogens (tertiary/aromatic N) is 2. The second-order valence-electron chi connectivity index (χ2n) is 6.15. The Bertz CT molecular complexity index is 721. The number of aromatic nitrogens is 2. The summed E-state index contributed by atoms with van der Waals surface area (Å²) in [4.78, 5) is 7.97. The standard InChI is InChI=1S/C16H18F3N3O/c1-9-14(22-13(20)8-21-9)11-6-5-10(23-15(2,3)4)7-12(11)16(17,18)19/h5-8H,1-4H3,(H2,20,22). The van der Waals surface area contributed by atoms with E-state index in [9.17, 15) is 13.2 Å². The van der Waals surface area contributed by atoms with Crippen LogP contribution < -0.4 is 10.5 Å². The van der Waals surface area contributed by atoms with Gasteiger partial charge < -0.3 is 10.5 Å². The number of alkyl halides is 3. The number of rotatable bonds is 2. The average Bonchev–Trinajstić information content (AvgIpc) is 2.39. The minimum absolute atomic E-state index is 0.0637. The van der Waals surface area contributed by atoms with Gasteiger partial charge >= 0.3 is 6.18 Å². The molecule has 0 unspecified atom stereocenters. The number of hydrogen-bond acceptors (Lipinski definition) is 4. The van der Waals surface area contributed by atoms with Gasteiger partial charge in [0.15, 0.2) is 0 Å². The van der Waals surface area contributed by atoms with Gasteiger partial charge in [0.25, 0.3) is 0 Å². The van der Waals surface area contributed by atoms with E-state index in [-0.39, 0.29) is 22.8 Å². The van der Waals surface area contributed by atoms with Crippen molar-refractivity contribution >= 4 is 5.82 Å². The van der Waals surface area contributed by atoms with Crippen LogP contribution in [0.3, 0.4) is 0 Å². The molecular formula is C16H18F3N3O. The Labute approximate surface area is 132 Å². The van der Waals surface area contributed by atoms with Gasteiger partial charge in [-0.15, -0.1) is 0 Å². The van der Waals surface area contributed by atoms with Crippen molar-refractivity contribution in [3.63, 3.8) is 0 Å². The number of ether oxygens (including phenoxy) is 1. The minimum atomic E-state index is -4.55. The fourth-order valence-electron chi connectivity index (χ4n) is 2.10. The first kappa shape index (κ1) is 17.1. The molecule has 0 radical (unpaired) electrons. The molecule has 0 spiro atoms. The van der Waals surface area contributed by atoms with Crippen LogP contribution in [0, 0.1) is 6.92 Å². The number of hydrogen-bond donors (Lipinski definition) is 1. The zero-order valence-electron chi connectivity index (χ0n) is 13.3. The summed E-state index contributed by atoms with van der Waals surface area (Å²) in [5.41, 5.74) is 4.53. The van der Waals surface area contributed by atoms with E-state index in [0.29, 0.717) is 5.69 Å². The van der Waals surface area contributed by atoms with E-state index >= 15 is 0 Å². The van der Waals surface area contributed by atoms with Crippen LogP contribution in [0.2, 0.25) is 0 Å². The van der Waals surface area contributed by atoms with Gasteiger partial charge in [0, 0.05) is 5.56 Å². The highest BCUT2D eigenvalue weighted by molar-refractivity contribution is 5.68. The van der Waals surface area contributed by atoms with Gasteiger partial charge in [-0.25, -0.2) is 4.98 Å². The van der Waals surface area contributed by atoms with Crippen LogP contribution in [0.1, 0.15) is 32.0 Å². The summed E-state index contributed by atoms with van der Waals surface area (Å²) in [6.07, 6.45) is -3.24. The predicted molar refractivity (Wildman–Crippen MR) is 82.0 cm³/mol. The fourth-order valence-corrected chi connectivity index (χ4v) is 2.10. The number of anilines is 1. The Kier molecular flexibility index (Phi) is 4.24. The molecular weight excluding hydrogens is 307 g/mol. The predicted octanol–water partition coefficient (Wildman–Crippen LogP) is 4.23. The Balaban J connectivity index is 2.62. The molecule has 1 aromatic heterocycles. The van der Waals surface area contributed by atoms with Crippen molar-refractivity contribution in [2.75, 3.05) is 5.73 Å².